The number of amides is 2. The summed E-state index contributed by atoms with van der Waals surface area (Å²) in [6, 6.07) is 15.9. The van der Waals surface area contributed by atoms with Crippen LogP contribution in [0, 0.1) is 23.3 Å². The Labute approximate surface area is 179 Å². The van der Waals surface area contributed by atoms with E-state index in [0.717, 1.165) is 17.3 Å². The number of benzene rings is 3. The molecule has 0 saturated heterocycles. The van der Waals surface area contributed by atoms with Gasteiger partial charge in [0.15, 0.2) is 23.3 Å². The molecule has 0 spiro atoms. The van der Waals surface area contributed by atoms with Gasteiger partial charge in [-0.05, 0) is 29.8 Å². The smallest absolute Gasteiger partial charge is 0.234 e. The molecule has 0 heterocycles. The zero-order valence-electron chi connectivity index (χ0n) is 15.9. The first-order chi connectivity index (χ1) is 14.8. The van der Waals surface area contributed by atoms with Crippen LogP contribution in [0.2, 0.25) is 0 Å². The van der Waals surface area contributed by atoms with Crippen LogP contribution in [0.25, 0.3) is 0 Å². The first-order valence-electron chi connectivity index (χ1n) is 9.03. The third-order valence-corrected chi connectivity index (χ3v) is 5.10. The van der Waals surface area contributed by atoms with Crippen molar-refractivity contribution >= 4 is 35.0 Å². The molecule has 3 rings (SSSR count). The lowest BCUT2D eigenvalue weighted by atomic mass is 10.1. The Morgan fingerprint density at radius 2 is 1.39 bits per heavy atom. The molecular weight excluding hydrogens is 432 g/mol. The summed E-state index contributed by atoms with van der Waals surface area (Å²) in [6.45, 7) is 0. The van der Waals surface area contributed by atoms with Crippen LogP contribution >= 0.6 is 11.8 Å². The van der Waals surface area contributed by atoms with Crippen LogP contribution in [0.5, 0.6) is 0 Å². The van der Waals surface area contributed by atoms with Crippen molar-refractivity contribution in [3.8, 4) is 0 Å². The van der Waals surface area contributed by atoms with E-state index in [1.807, 2.05) is 35.6 Å². The molecule has 0 bridgehead atoms. The van der Waals surface area contributed by atoms with Gasteiger partial charge in [0.25, 0.3) is 0 Å². The lowest BCUT2D eigenvalue weighted by molar-refractivity contribution is -0.115. The third-order valence-electron chi connectivity index (χ3n) is 4.09. The molecule has 0 aliphatic carbocycles. The van der Waals surface area contributed by atoms with Crippen LogP contribution in [0.15, 0.2) is 65.6 Å². The van der Waals surface area contributed by atoms with E-state index in [4.69, 9.17) is 0 Å². The van der Waals surface area contributed by atoms with E-state index in [0.29, 0.717) is 10.6 Å². The standard InChI is InChI=1S/C22H16F4N2O2S/c23-16-11-17(24)21(26)22(20(16)25)28-19(30)12-31-15-8-6-14(7-9-15)27-18(29)10-13-4-2-1-3-5-13/h1-9,11H,10,12H2,(H,27,29)(H,28,30). The van der Waals surface area contributed by atoms with Crippen molar-refractivity contribution in [3.05, 3.63) is 89.5 Å². The number of carbonyl (C=O) groups excluding carboxylic acids is 2. The Hall–Kier alpha value is -3.33. The monoisotopic (exact) mass is 448 g/mol. The molecule has 3 aromatic rings. The highest BCUT2D eigenvalue weighted by atomic mass is 32.2. The lowest BCUT2D eigenvalue weighted by Crippen LogP contribution is -2.17. The minimum Gasteiger partial charge on any atom is -0.326 e. The Morgan fingerprint density at radius 3 is 2.00 bits per heavy atom. The Kier molecular flexibility index (Phi) is 7.30. The Morgan fingerprint density at radius 1 is 0.774 bits per heavy atom. The van der Waals surface area contributed by atoms with E-state index in [1.54, 1.807) is 24.3 Å². The topological polar surface area (TPSA) is 58.2 Å². The van der Waals surface area contributed by atoms with Gasteiger partial charge in [-0.3, -0.25) is 9.59 Å². The fourth-order valence-electron chi connectivity index (χ4n) is 2.63. The summed E-state index contributed by atoms with van der Waals surface area (Å²) in [7, 11) is 0. The molecule has 0 saturated carbocycles. The van der Waals surface area contributed by atoms with Crippen LogP contribution in [-0.4, -0.2) is 17.6 Å². The van der Waals surface area contributed by atoms with Crippen molar-refractivity contribution in [2.24, 2.45) is 0 Å². The second kappa shape index (κ2) is 10.1. The largest absolute Gasteiger partial charge is 0.326 e. The molecule has 9 heteroatoms. The first-order valence-corrected chi connectivity index (χ1v) is 10.0. The number of anilines is 2. The highest BCUT2D eigenvalue weighted by molar-refractivity contribution is 8.00. The van der Waals surface area contributed by atoms with E-state index < -0.39 is 34.9 Å². The molecule has 2 amide bonds. The van der Waals surface area contributed by atoms with E-state index in [1.165, 1.54) is 0 Å². The molecule has 0 aliphatic rings. The number of halogens is 4. The molecule has 0 fully saturated rings. The summed E-state index contributed by atoms with van der Waals surface area (Å²) >= 11 is 1.04. The van der Waals surface area contributed by atoms with Crippen LogP contribution in [0.4, 0.5) is 28.9 Å². The normalized spacial score (nSPS) is 10.6. The number of rotatable bonds is 7. The van der Waals surface area contributed by atoms with E-state index >= 15 is 0 Å². The van der Waals surface area contributed by atoms with Gasteiger partial charge in [0.2, 0.25) is 11.8 Å². The van der Waals surface area contributed by atoms with Gasteiger partial charge in [-0.2, -0.15) is 0 Å². The van der Waals surface area contributed by atoms with Crippen LogP contribution in [0.3, 0.4) is 0 Å². The van der Waals surface area contributed by atoms with E-state index in [2.05, 4.69) is 5.32 Å². The van der Waals surface area contributed by atoms with Crippen LogP contribution in [0.1, 0.15) is 5.56 Å². The molecule has 0 atom stereocenters. The Bertz CT molecular complexity index is 1070. The number of nitrogens with one attached hydrogen (secondary N) is 2. The van der Waals surface area contributed by atoms with Gasteiger partial charge >= 0.3 is 0 Å². The fraction of sp³-hybridized carbons (Fsp3) is 0.0909. The molecule has 0 aliphatic heterocycles. The van der Waals surface area contributed by atoms with Gasteiger partial charge in [0, 0.05) is 16.6 Å². The number of hydrogen-bond acceptors (Lipinski definition) is 3. The molecule has 0 aromatic heterocycles. The van der Waals surface area contributed by atoms with Gasteiger partial charge in [-0.15, -0.1) is 11.8 Å². The minimum absolute atomic E-state index is 0.0647. The summed E-state index contributed by atoms with van der Waals surface area (Å²) in [5, 5.41) is 4.60. The highest BCUT2D eigenvalue weighted by Gasteiger charge is 2.20. The van der Waals surface area contributed by atoms with Crippen molar-refractivity contribution in [3.63, 3.8) is 0 Å². The van der Waals surface area contributed by atoms with Crippen molar-refractivity contribution < 1.29 is 27.2 Å². The maximum absolute atomic E-state index is 13.6. The predicted molar refractivity (Wildman–Crippen MR) is 111 cm³/mol. The quantitative estimate of drug-likeness (QED) is 0.298. The van der Waals surface area contributed by atoms with Crippen molar-refractivity contribution in [1.82, 2.24) is 0 Å². The molecule has 0 unspecified atom stereocenters. The second-order valence-electron chi connectivity index (χ2n) is 6.41. The molecular formula is C22H16F4N2O2S. The van der Waals surface area contributed by atoms with E-state index in [9.17, 15) is 27.2 Å². The fourth-order valence-corrected chi connectivity index (χ4v) is 3.33. The molecule has 3 aromatic carbocycles. The van der Waals surface area contributed by atoms with Crippen molar-refractivity contribution in [2.75, 3.05) is 16.4 Å². The van der Waals surface area contributed by atoms with E-state index in [-0.39, 0.29) is 24.1 Å². The SMILES string of the molecule is O=C(Cc1ccccc1)Nc1ccc(SCC(=O)Nc2c(F)c(F)cc(F)c2F)cc1. The van der Waals surface area contributed by atoms with Gasteiger partial charge in [-0.25, -0.2) is 17.6 Å². The van der Waals surface area contributed by atoms with Crippen molar-refractivity contribution in [2.45, 2.75) is 11.3 Å². The summed E-state index contributed by atoms with van der Waals surface area (Å²) in [5.41, 5.74) is 0.276. The maximum Gasteiger partial charge on any atom is 0.234 e. The third kappa shape index (κ3) is 6.08. The summed E-state index contributed by atoms with van der Waals surface area (Å²) in [5.74, 6) is -7.83. The number of hydrogen-bond donors (Lipinski definition) is 2. The molecule has 2 N–H and O–H groups in total. The van der Waals surface area contributed by atoms with Crippen molar-refractivity contribution in [1.29, 1.82) is 0 Å². The lowest BCUT2D eigenvalue weighted by Gasteiger charge is -2.09. The minimum atomic E-state index is -1.67. The second-order valence-corrected chi connectivity index (χ2v) is 7.46. The first kappa shape index (κ1) is 22.4. The summed E-state index contributed by atoms with van der Waals surface area (Å²) in [6.07, 6.45) is 0.227. The molecule has 0 radical (unpaired) electrons. The summed E-state index contributed by atoms with van der Waals surface area (Å²) in [4.78, 5) is 24.6. The molecule has 4 nitrogen and oxygen atoms in total. The highest BCUT2D eigenvalue weighted by Crippen LogP contribution is 2.25. The average molecular weight is 448 g/mol. The van der Waals surface area contributed by atoms with Crippen LogP contribution < -0.4 is 10.6 Å². The van der Waals surface area contributed by atoms with Gasteiger partial charge in [0.1, 0.15) is 5.69 Å². The zero-order valence-corrected chi connectivity index (χ0v) is 16.7. The average Bonchev–Trinajstić information content (AvgIpc) is 2.75. The molecule has 31 heavy (non-hydrogen) atoms. The number of carbonyl (C=O) groups is 2. The predicted octanol–water partition coefficient (Wildman–Crippen LogP) is 5.16. The Balaban J connectivity index is 1.52. The maximum atomic E-state index is 13.6. The van der Waals surface area contributed by atoms with Gasteiger partial charge in [0.05, 0.1) is 12.2 Å². The zero-order chi connectivity index (χ0) is 22.4. The van der Waals surface area contributed by atoms with Gasteiger partial charge < -0.3 is 10.6 Å². The molecule has 160 valence electrons. The van der Waals surface area contributed by atoms with Crippen LogP contribution in [-0.2, 0) is 16.0 Å². The number of thioether (sulfide) groups is 1. The van der Waals surface area contributed by atoms with Gasteiger partial charge in [-0.1, -0.05) is 30.3 Å². The summed E-state index contributed by atoms with van der Waals surface area (Å²) < 4.78 is 53.6.